The highest BCUT2D eigenvalue weighted by Crippen LogP contribution is 2.11. The number of sulfonamides is 1. The monoisotopic (exact) mass is 291 g/mol. The Morgan fingerprint density at radius 2 is 1.87 bits per heavy atom. The van der Waals surface area contributed by atoms with Gasteiger partial charge in [-0.1, -0.05) is 28.1 Å². The smallest absolute Gasteiger partial charge is 0.208 e. The summed E-state index contributed by atoms with van der Waals surface area (Å²) in [4.78, 5) is 0. The van der Waals surface area contributed by atoms with Crippen molar-refractivity contribution < 1.29 is 8.42 Å². The molecule has 0 saturated heterocycles. The van der Waals surface area contributed by atoms with Gasteiger partial charge in [-0.3, -0.25) is 0 Å². The van der Waals surface area contributed by atoms with Gasteiger partial charge in [-0.2, -0.15) is 0 Å². The largest absolute Gasteiger partial charge is 0.213 e. The summed E-state index contributed by atoms with van der Waals surface area (Å²) in [7, 11) is -3.11. The second kappa shape index (κ2) is 5.09. The topological polar surface area (TPSA) is 46.2 Å². The lowest BCUT2D eigenvalue weighted by Crippen LogP contribution is -2.33. The van der Waals surface area contributed by atoms with Crippen LogP contribution in [-0.2, 0) is 16.4 Å². The first-order valence-electron chi connectivity index (χ1n) is 4.58. The fourth-order valence-electron chi connectivity index (χ4n) is 1.38. The first-order valence-corrected chi connectivity index (χ1v) is 7.27. The third kappa shape index (κ3) is 5.30. The zero-order valence-corrected chi connectivity index (χ0v) is 11.1. The van der Waals surface area contributed by atoms with Gasteiger partial charge in [0.2, 0.25) is 10.0 Å². The Balaban J connectivity index is 2.59. The van der Waals surface area contributed by atoms with Crippen LogP contribution in [0.15, 0.2) is 28.7 Å². The fraction of sp³-hybridized carbons (Fsp3) is 0.400. The molecule has 0 radical (unpaired) electrons. The van der Waals surface area contributed by atoms with Gasteiger partial charge in [0.15, 0.2) is 0 Å². The Morgan fingerprint density at radius 1 is 1.33 bits per heavy atom. The molecule has 0 bridgehead atoms. The molecule has 0 spiro atoms. The van der Waals surface area contributed by atoms with Crippen molar-refractivity contribution in [3.63, 3.8) is 0 Å². The van der Waals surface area contributed by atoms with E-state index in [2.05, 4.69) is 20.7 Å². The van der Waals surface area contributed by atoms with Crippen molar-refractivity contribution in [2.45, 2.75) is 19.4 Å². The van der Waals surface area contributed by atoms with Crippen LogP contribution >= 0.6 is 15.9 Å². The van der Waals surface area contributed by atoms with Crippen molar-refractivity contribution in [1.82, 2.24) is 4.72 Å². The molecule has 84 valence electrons. The van der Waals surface area contributed by atoms with Crippen LogP contribution in [0.25, 0.3) is 0 Å². The molecule has 1 unspecified atom stereocenters. The van der Waals surface area contributed by atoms with E-state index in [1.807, 2.05) is 31.2 Å². The van der Waals surface area contributed by atoms with Gasteiger partial charge in [0.1, 0.15) is 0 Å². The van der Waals surface area contributed by atoms with Gasteiger partial charge in [0.05, 0.1) is 6.26 Å². The van der Waals surface area contributed by atoms with E-state index >= 15 is 0 Å². The van der Waals surface area contributed by atoms with Gasteiger partial charge in [-0.25, -0.2) is 13.1 Å². The molecule has 1 aromatic rings. The third-order valence-electron chi connectivity index (χ3n) is 1.87. The number of benzene rings is 1. The summed E-state index contributed by atoms with van der Waals surface area (Å²) in [5.74, 6) is 0. The van der Waals surface area contributed by atoms with Crippen molar-refractivity contribution in [2.24, 2.45) is 0 Å². The molecule has 0 aromatic heterocycles. The van der Waals surface area contributed by atoms with E-state index in [1.54, 1.807) is 0 Å². The van der Waals surface area contributed by atoms with Crippen molar-refractivity contribution in [3.05, 3.63) is 34.3 Å². The molecule has 0 aliphatic carbocycles. The molecule has 0 amide bonds. The van der Waals surface area contributed by atoms with E-state index in [1.165, 1.54) is 6.26 Å². The normalized spacial score (nSPS) is 13.8. The van der Waals surface area contributed by atoms with E-state index in [9.17, 15) is 8.42 Å². The minimum Gasteiger partial charge on any atom is -0.213 e. The maximum atomic E-state index is 11.0. The molecule has 5 heteroatoms. The van der Waals surface area contributed by atoms with Gasteiger partial charge in [-0.05, 0) is 31.0 Å². The van der Waals surface area contributed by atoms with E-state index in [0.29, 0.717) is 6.42 Å². The van der Waals surface area contributed by atoms with Gasteiger partial charge >= 0.3 is 0 Å². The number of hydrogen-bond donors (Lipinski definition) is 1. The van der Waals surface area contributed by atoms with Crippen LogP contribution in [0.4, 0.5) is 0 Å². The molecule has 1 aromatic carbocycles. The molecule has 0 fully saturated rings. The van der Waals surface area contributed by atoms with Gasteiger partial charge < -0.3 is 0 Å². The van der Waals surface area contributed by atoms with Crippen molar-refractivity contribution >= 4 is 26.0 Å². The van der Waals surface area contributed by atoms with Gasteiger partial charge in [-0.15, -0.1) is 0 Å². The Morgan fingerprint density at radius 3 is 2.33 bits per heavy atom. The Labute approximate surface area is 99.1 Å². The first-order chi connectivity index (χ1) is 6.87. The van der Waals surface area contributed by atoms with Crippen LogP contribution in [0.5, 0.6) is 0 Å². The molecule has 15 heavy (non-hydrogen) atoms. The highest BCUT2D eigenvalue weighted by atomic mass is 79.9. The lowest BCUT2D eigenvalue weighted by atomic mass is 10.1. The maximum Gasteiger partial charge on any atom is 0.208 e. The molecule has 1 rings (SSSR count). The van der Waals surface area contributed by atoms with Crippen LogP contribution in [0.1, 0.15) is 12.5 Å². The fourth-order valence-corrected chi connectivity index (χ4v) is 2.46. The first kappa shape index (κ1) is 12.7. The molecule has 0 aliphatic rings. The zero-order valence-electron chi connectivity index (χ0n) is 8.70. The van der Waals surface area contributed by atoms with Gasteiger partial charge in [0.25, 0.3) is 0 Å². The molecule has 0 aliphatic heterocycles. The van der Waals surface area contributed by atoms with Crippen molar-refractivity contribution in [2.75, 3.05) is 6.26 Å². The summed E-state index contributed by atoms with van der Waals surface area (Å²) in [6, 6.07) is 7.77. The van der Waals surface area contributed by atoms with E-state index < -0.39 is 10.0 Å². The molecule has 1 N–H and O–H groups in total. The number of halogens is 1. The maximum absolute atomic E-state index is 11.0. The molecular formula is C10H14BrNO2S. The highest BCUT2D eigenvalue weighted by Gasteiger charge is 2.08. The second-order valence-electron chi connectivity index (χ2n) is 3.62. The number of nitrogens with one attached hydrogen (secondary N) is 1. The van der Waals surface area contributed by atoms with E-state index in [-0.39, 0.29) is 6.04 Å². The molecule has 1 atom stereocenters. The lowest BCUT2D eigenvalue weighted by Gasteiger charge is -2.11. The predicted molar refractivity (Wildman–Crippen MR) is 65.3 cm³/mol. The highest BCUT2D eigenvalue weighted by molar-refractivity contribution is 9.10. The van der Waals surface area contributed by atoms with Crippen molar-refractivity contribution in [3.8, 4) is 0 Å². The Hall–Kier alpha value is -0.390. The van der Waals surface area contributed by atoms with Crippen LogP contribution in [0.2, 0.25) is 0 Å². The number of hydrogen-bond acceptors (Lipinski definition) is 2. The molecular weight excluding hydrogens is 278 g/mol. The quantitative estimate of drug-likeness (QED) is 0.921. The SMILES string of the molecule is CC(Cc1ccc(Br)cc1)NS(C)(=O)=O. The average molecular weight is 292 g/mol. The standard InChI is InChI=1S/C10H14BrNO2S/c1-8(12-15(2,13)14)7-9-3-5-10(11)6-4-9/h3-6,8,12H,7H2,1-2H3. The third-order valence-corrected chi connectivity index (χ3v) is 3.23. The summed E-state index contributed by atoms with van der Waals surface area (Å²) in [5.41, 5.74) is 1.11. The molecule has 0 saturated carbocycles. The van der Waals surface area contributed by atoms with Gasteiger partial charge in [0, 0.05) is 10.5 Å². The number of rotatable bonds is 4. The Bertz CT molecular complexity index is 414. The lowest BCUT2D eigenvalue weighted by molar-refractivity contribution is 0.565. The van der Waals surface area contributed by atoms with Crippen LogP contribution in [0, 0.1) is 0 Å². The van der Waals surface area contributed by atoms with E-state index in [4.69, 9.17) is 0 Å². The van der Waals surface area contributed by atoms with Crippen LogP contribution in [-0.4, -0.2) is 20.7 Å². The minimum absolute atomic E-state index is 0.0822. The predicted octanol–water partition coefficient (Wildman–Crippen LogP) is 1.93. The Kier molecular flexibility index (Phi) is 4.31. The zero-order chi connectivity index (χ0) is 11.5. The summed E-state index contributed by atoms with van der Waals surface area (Å²) >= 11 is 3.35. The summed E-state index contributed by atoms with van der Waals surface area (Å²) < 4.78 is 25.5. The van der Waals surface area contributed by atoms with E-state index in [0.717, 1.165) is 10.0 Å². The van der Waals surface area contributed by atoms with Crippen LogP contribution in [0.3, 0.4) is 0 Å². The molecule has 0 heterocycles. The van der Waals surface area contributed by atoms with Crippen LogP contribution < -0.4 is 4.72 Å². The summed E-state index contributed by atoms with van der Waals surface area (Å²) in [6.07, 6.45) is 1.87. The summed E-state index contributed by atoms with van der Waals surface area (Å²) in [6.45, 7) is 1.85. The minimum atomic E-state index is -3.11. The van der Waals surface area contributed by atoms with Crippen molar-refractivity contribution in [1.29, 1.82) is 0 Å². The average Bonchev–Trinajstić information content (AvgIpc) is 2.05. The molecule has 3 nitrogen and oxygen atoms in total. The second-order valence-corrected chi connectivity index (χ2v) is 6.32. The summed E-state index contributed by atoms with van der Waals surface area (Å²) in [5, 5.41) is 0.